The van der Waals surface area contributed by atoms with Crippen molar-refractivity contribution in [3.8, 4) is 0 Å². The monoisotopic (exact) mass is 380 g/mol. The average Bonchev–Trinajstić information content (AvgIpc) is 2.74. The van der Waals surface area contributed by atoms with Gasteiger partial charge < -0.3 is 0 Å². The third-order valence-electron chi connectivity index (χ3n) is 7.49. The molecule has 1 unspecified atom stereocenters. The first kappa shape index (κ1) is 21.7. The zero-order valence-electron chi connectivity index (χ0n) is 18.7. The van der Waals surface area contributed by atoms with Crippen LogP contribution in [-0.2, 0) is 0 Å². The van der Waals surface area contributed by atoms with Crippen molar-refractivity contribution in [2.45, 2.75) is 116 Å². The lowest BCUT2D eigenvalue weighted by Crippen LogP contribution is -2.13. The van der Waals surface area contributed by atoms with E-state index in [4.69, 9.17) is 0 Å². The first-order valence-electron chi connectivity index (χ1n) is 12.6. The van der Waals surface area contributed by atoms with Gasteiger partial charge in [-0.3, -0.25) is 0 Å². The lowest BCUT2D eigenvalue weighted by molar-refractivity contribution is 0.302. The van der Waals surface area contributed by atoms with Crippen molar-refractivity contribution in [1.82, 2.24) is 0 Å². The zero-order chi connectivity index (χ0) is 19.6. The molecule has 1 atom stereocenters. The highest BCUT2D eigenvalue weighted by molar-refractivity contribution is 5.66. The molecule has 0 N–H and O–H groups in total. The molecule has 1 aromatic rings. The summed E-state index contributed by atoms with van der Waals surface area (Å²) in [4.78, 5) is 0. The summed E-state index contributed by atoms with van der Waals surface area (Å²) < 4.78 is 0. The summed E-state index contributed by atoms with van der Waals surface area (Å²) in [5.41, 5.74) is 4.66. The van der Waals surface area contributed by atoms with Gasteiger partial charge in [-0.15, -0.1) is 0 Å². The zero-order valence-corrected chi connectivity index (χ0v) is 18.7. The third-order valence-corrected chi connectivity index (χ3v) is 7.49. The Morgan fingerprint density at radius 3 is 2.11 bits per heavy atom. The van der Waals surface area contributed by atoms with Crippen LogP contribution in [0.1, 0.15) is 127 Å². The fraction of sp³-hybridized carbons (Fsp3) is 0.714. The molecule has 0 radical (unpaired) electrons. The van der Waals surface area contributed by atoms with E-state index in [1.54, 1.807) is 11.1 Å². The van der Waals surface area contributed by atoms with E-state index in [1.807, 2.05) is 0 Å². The second-order valence-electron chi connectivity index (χ2n) is 9.86. The van der Waals surface area contributed by atoms with E-state index in [1.165, 1.54) is 102 Å². The molecule has 1 fully saturated rings. The Morgan fingerprint density at radius 2 is 1.46 bits per heavy atom. The largest absolute Gasteiger partial charge is 0.0805 e. The highest BCUT2D eigenvalue weighted by Gasteiger charge is 2.22. The van der Waals surface area contributed by atoms with Gasteiger partial charge in [-0.05, 0) is 79.4 Å². The van der Waals surface area contributed by atoms with E-state index < -0.39 is 0 Å². The Labute approximate surface area is 175 Å². The van der Waals surface area contributed by atoms with Crippen LogP contribution >= 0.6 is 0 Å². The van der Waals surface area contributed by atoms with Crippen molar-refractivity contribution in [3.63, 3.8) is 0 Å². The minimum atomic E-state index is 0.819. The van der Waals surface area contributed by atoms with Gasteiger partial charge in [-0.1, -0.05) is 95.6 Å². The predicted molar refractivity (Wildman–Crippen MR) is 125 cm³/mol. The third kappa shape index (κ3) is 6.78. The van der Waals surface area contributed by atoms with Crippen molar-refractivity contribution in [2.24, 2.45) is 11.8 Å². The summed E-state index contributed by atoms with van der Waals surface area (Å²) in [6.45, 7) is 4.68. The normalized spacial score (nSPS) is 25.5. The van der Waals surface area contributed by atoms with Crippen molar-refractivity contribution >= 4 is 5.57 Å². The molecule has 1 saturated carbocycles. The number of rotatable bonds is 10. The first-order valence-corrected chi connectivity index (χ1v) is 12.6. The van der Waals surface area contributed by atoms with Crippen LogP contribution in [0.4, 0.5) is 0 Å². The maximum atomic E-state index is 2.48. The number of allylic oxidation sites excluding steroid dienone is 2. The van der Waals surface area contributed by atoms with Crippen LogP contribution in [0.3, 0.4) is 0 Å². The quantitative estimate of drug-likeness (QED) is 0.355. The molecule has 0 bridgehead atoms. The molecule has 0 nitrogen and oxygen atoms in total. The standard InChI is InChI=1S/C28H44/c1-3-4-5-6-7-8-9-10-24-13-17-26(18-14-24)28-21-19-27(20-22-28)25-15-11-23(2)12-16-25/h15,19-24,26H,3-14,16-18H2,1-2H3/t23?,24-,26-. The molecular formula is C28H44. The molecule has 0 aliphatic heterocycles. The molecule has 0 saturated heterocycles. The average molecular weight is 381 g/mol. The Morgan fingerprint density at radius 1 is 0.786 bits per heavy atom. The van der Waals surface area contributed by atoms with Gasteiger partial charge in [0.25, 0.3) is 0 Å². The SMILES string of the molecule is CCCCCCCCC[C@H]1CC[C@H](c2ccc(C3=CCC(C)CC3)cc2)CC1. The lowest BCUT2D eigenvalue weighted by Gasteiger charge is -2.29. The molecule has 2 aliphatic rings. The molecular weight excluding hydrogens is 336 g/mol. The van der Waals surface area contributed by atoms with Gasteiger partial charge in [-0.2, -0.15) is 0 Å². The highest BCUT2D eigenvalue weighted by atomic mass is 14.3. The van der Waals surface area contributed by atoms with Crippen LogP contribution in [0.5, 0.6) is 0 Å². The Kier molecular flexibility index (Phi) is 9.16. The van der Waals surface area contributed by atoms with Gasteiger partial charge in [0.15, 0.2) is 0 Å². The molecule has 0 aromatic heterocycles. The molecule has 2 aliphatic carbocycles. The maximum Gasteiger partial charge on any atom is -0.0162 e. The van der Waals surface area contributed by atoms with E-state index >= 15 is 0 Å². The molecule has 0 heterocycles. The molecule has 0 spiro atoms. The lowest BCUT2D eigenvalue weighted by atomic mass is 9.76. The summed E-state index contributed by atoms with van der Waals surface area (Å²) in [5.74, 6) is 2.71. The van der Waals surface area contributed by atoms with Crippen LogP contribution < -0.4 is 0 Å². The number of hydrogen-bond acceptors (Lipinski definition) is 0. The van der Waals surface area contributed by atoms with Crippen LogP contribution in [0.15, 0.2) is 30.3 Å². The van der Waals surface area contributed by atoms with Crippen molar-refractivity contribution in [1.29, 1.82) is 0 Å². The number of hydrogen-bond donors (Lipinski definition) is 0. The summed E-state index contributed by atoms with van der Waals surface area (Å²) >= 11 is 0. The van der Waals surface area contributed by atoms with Crippen LogP contribution in [0, 0.1) is 11.8 Å². The number of benzene rings is 1. The Bertz CT molecular complexity index is 571. The Balaban J connectivity index is 1.35. The first-order chi connectivity index (χ1) is 13.8. The minimum Gasteiger partial charge on any atom is -0.0805 e. The smallest absolute Gasteiger partial charge is 0.0162 e. The van der Waals surface area contributed by atoms with Crippen LogP contribution in [0.2, 0.25) is 0 Å². The highest BCUT2D eigenvalue weighted by Crippen LogP contribution is 2.38. The molecule has 28 heavy (non-hydrogen) atoms. The maximum absolute atomic E-state index is 2.48. The molecule has 0 heteroatoms. The van der Waals surface area contributed by atoms with E-state index in [2.05, 4.69) is 44.2 Å². The summed E-state index contributed by atoms with van der Waals surface area (Å²) in [6.07, 6.45) is 23.8. The number of unbranched alkanes of at least 4 members (excludes halogenated alkanes) is 6. The fourth-order valence-corrected chi connectivity index (χ4v) is 5.37. The van der Waals surface area contributed by atoms with Gasteiger partial charge in [0, 0.05) is 0 Å². The van der Waals surface area contributed by atoms with Gasteiger partial charge in [0.05, 0.1) is 0 Å². The fourth-order valence-electron chi connectivity index (χ4n) is 5.37. The molecule has 156 valence electrons. The van der Waals surface area contributed by atoms with E-state index in [0.29, 0.717) is 0 Å². The topological polar surface area (TPSA) is 0 Å². The Hall–Kier alpha value is -1.04. The van der Waals surface area contributed by atoms with Crippen LogP contribution in [-0.4, -0.2) is 0 Å². The van der Waals surface area contributed by atoms with Crippen molar-refractivity contribution < 1.29 is 0 Å². The summed E-state index contributed by atoms with van der Waals surface area (Å²) in [7, 11) is 0. The summed E-state index contributed by atoms with van der Waals surface area (Å²) in [5, 5.41) is 0. The van der Waals surface area contributed by atoms with E-state index in [0.717, 1.165) is 17.8 Å². The van der Waals surface area contributed by atoms with Gasteiger partial charge in [0.2, 0.25) is 0 Å². The van der Waals surface area contributed by atoms with E-state index in [9.17, 15) is 0 Å². The van der Waals surface area contributed by atoms with Gasteiger partial charge in [0.1, 0.15) is 0 Å². The molecule has 0 amide bonds. The summed E-state index contributed by atoms with van der Waals surface area (Å²) in [6, 6.07) is 9.69. The second kappa shape index (κ2) is 11.8. The minimum absolute atomic E-state index is 0.819. The predicted octanol–water partition coefficient (Wildman–Crippen LogP) is 9.30. The van der Waals surface area contributed by atoms with Gasteiger partial charge in [-0.25, -0.2) is 0 Å². The van der Waals surface area contributed by atoms with Crippen molar-refractivity contribution in [2.75, 3.05) is 0 Å². The second-order valence-corrected chi connectivity index (χ2v) is 9.86. The van der Waals surface area contributed by atoms with Crippen LogP contribution in [0.25, 0.3) is 5.57 Å². The van der Waals surface area contributed by atoms with Gasteiger partial charge >= 0.3 is 0 Å². The van der Waals surface area contributed by atoms with Crippen molar-refractivity contribution in [3.05, 3.63) is 41.5 Å². The molecule has 1 aromatic carbocycles. The van der Waals surface area contributed by atoms with E-state index in [-0.39, 0.29) is 0 Å². The molecule has 3 rings (SSSR count).